The SMILES string of the molecule is CCCc1cc(C(=O)OC2CCCCC2)n[nH]1. The normalized spacial score (nSPS) is 17.0. The fourth-order valence-corrected chi connectivity index (χ4v) is 2.26. The predicted molar refractivity (Wildman–Crippen MR) is 64.9 cm³/mol. The summed E-state index contributed by atoms with van der Waals surface area (Å²) in [5.74, 6) is -0.282. The van der Waals surface area contributed by atoms with Gasteiger partial charge < -0.3 is 4.74 Å². The summed E-state index contributed by atoms with van der Waals surface area (Å²) in [6.07, 6.45) is 7.65. The molecule has 2 rings (SSSR count). The first-order chi connectivity index (χ1) is 8.29. The zero-order chi connectivity index (χ0) is 12.1. The van der Waals surface area contributed by atoms with E-state index >= 15 is 0 Å². The second-order valence-corrected chi connectivity index (χ2v) is 4.69. The maximum atomic E-state index is 11.8. The van der Waals surface area contributed by atoms with E-state index in [1.165, 1.54) is 19.3 Å². The van der Waals surface area contributed by atoms with Crippen LogP contribution in [0, 0.1) is 0 Å². The fraction of sp³-hybridized carbons (Fsp3) is 0.692. The lowest BCUT2D eigenvalue weighted by atomic mass is 9.98. The molecule has 1 aromatic heterocycles. The van der Waals surface area contributed by atoms with Crippen molar-refractivity contribution >= 4 is 5.97 Å². The van der Waals surface area contributed by atoms with Crippen LogP contribution in [0.3, 0.4) is 0 Å². The Morgan fingerprint density at radius 1 is 1.47 bits per heavy atom. The van der Waals surface area contributed by atoms with E-state index in [2.05, 4.69) is 17.1 Å². The number of aromatic nitrogens is 2. The van der Waals surface area contributed by atoms with Gasteiger partial charge in [0, 0.05) is 5.69 Å². The average Bonchev–Trinajstić information content (AvgIpc) is 2.79. The van der Waals surface area contributed by atoms with Crippen LogP contribution in [0.2, 0.25) is 0 Å². The van der Waals surface area contributed by atoms with E-state index in [9.17, 15) is 4.79 Å². The number of esters is 1. The van der Waals surface area contributed by atoms with E-state index in [4.69, 9.17) is 4.74 Å². The van der Waals surface area contributed by atoms with Gasteiger partial charge in [-0.3, -0.25) is 5.10 Å². The third kappa shape index (κ3) is 3.32. The molecule has 4 nitrogen and oxygen atoms in total. The quantitative estimate of drug-likeness (QED) is 0.818. The summed E-state index contributed by atoms with van der Waals surface area (Å²) >= 11 is 0. The molecule has 1 heterocycles. The monoisotopic (exact) mass is 236 g/mol. The van der Waals surface area contributed by atoms with Crippen LogP contribution in [-0.2, 0) is 11.2 Å². The second-order valence-electron chi connectivity index (χ2n) is 4.69. The van der Waals surface area contributed by atoms with Crippen molar-refractivity contribution in [2.24, 2.45) is 0 Å². The zero-order valence-electron chi connectivity index (χ0n) is 10.4. The molecule has 1 aromatic rings. The topological polar surface area (TPSA) is 55.0 Å². The molecule has 1 fully saturated rings. The van der Waals surface area contributed by atoms with E-state index in [1.807, 2.05) is 0 Å². The summed E-state index contributed by atoms with van der Waals surface area (Å²) in [7, 11) is 0. The number of carbonyl (C=O) groups is 1. The number of carbonyl (C=O) groups excluding carboxylic acids is 1. The van der Waals surface area contributed by atoms with Gasteiger partial charge in [0.15, 0.2) is 5.69 Å². The van der Waals surface area contributed by atoms with Crippen LogP contribution in [0.1, 0.15) is 61.6 Å². The first-order valence-corrected chi connectivity index (χ1v) is 6.55. The van der Waals surface area contributed by atoms with Gasteiger partial charge in [0.05, 0.1) is 0 Å². The van der Waals surface area contributed by atoms with Gasteiger partial charge in [-0.05, 0) is 38.2 Å². The summed E-state index contributed by atoms with van der Waals surface area (Å²) in [6, 6.07) is 1.80. The van der Waals surface area contributed by atoms with Crippen LogP contribution < -0.4 is 0 Å². The third-order valence-electron chi connectivity index (χ3n) is 3.19. The Hall–Kier alpha value is -1.32. The maximum Gasteiger partial charge on any atom is 0.359 e. The summed E-state index contributed by atoms with van der Waals surface area (Å²) < 4.78 is 5.45. The molecule has 94 valence electrons. The van der Waals surface area contributed by atoms with E-state index in [1.54, 1.807) is 6.07 Å². The molecule has 0 saturated heterocycles. The smallest absolute Gasteiger partial charge is 0.359 e. The largest absolute Gasteiger partial charge is 0.458 e. The van der Waals surface area contributed by atoms with E-state index in [0.29, 0.717) is 5.69 Å². The number of hydrogen-bond acceptors (Lipinski definition) is 3. The molecule has 0 aliphatic heterocycles. The van der Waals surface area contributed by atoms with E-state index in [0.717, 1.165) is 31.4 Å². The maximum absolute atomic E-state index is 11.8. The number of nitrogens with one attached hydrogen (secondary N) is 1. The highest BCUT2D eigenvalue weighted by Crippen LogP contribution is 2.21. The van der Waals surface area contributed by atoms with Gasteiger partial charge in [-0.2, -0.15) is 5.10 Å². The lowest BCUT2D eigenvalue weighted by Crippen LogP contribution is -2.21. The van der Waals surface area contributed by atoms with E-state index < -0.39 is 0 Å². The van der Waals surface area contributed by atoms with Crippen molar-refractivity contribution in [3.05, 3.63) is 17.5 Å². The number of hydrogen-bond donors (Lipinski definition) is 1. The van der Waals surface area contributed by atoms with Gasteiger partial charge in [0.1, 0.15) is 6.10 Å². The number of ether oxygens (including phenoxy) is 1. The van der Waals surface area contributed by atoms with Gasteiger partial charge in [-0.1, -0.05) is 19.8 Å². The minimum Gasteiger partial charge on any atom is -0.458 e. The van der Waals surface area contributed by atoms with Gasteiger partial charge in [-0.25, -0.2) is 4.79 Å². The summed E-state index contributed by atoms with van der Waals surface area (Å²) in [4.78, 5) is 11.8. The highest BCUT2D eigenvalue weighted by Gasteiger charge is 2.20. The number of H-pyrrole nitrogens is 1. The molecule has 0 aromatic carbocycles. The third-order valence-corrected chi connectivity index (χ3v) is 3.19. The molecule has 1 saturated carbocycles. The Bertz CT molecular complexity index is 367. The fourth-order valence-electron chi connectivity index (χ4n) is 2.26. The Labute approximate surface area is 102 Å². The lowest BCUT2D eigenvalue weighted by molar-refractivity contribution is 0.0204. The molecule has 0 amide bonds. The molecule has 0 bridgehead atoms. The average molecular weight is 236 g/mol. The molecular weight excluding hydrogens is 216 g/mol. The number of aromatic amines is 1. The molecule has 0 radical (unpaired) electrons. The first-order valence-electron chi connectivity index (χ1n) is 6.55. The van der Waals surface area contributed by atoms with E-state index in [-0.39, 0.29) is 12.1 Å². The predicted octanol–water partition coefficient (Wildman–Crippen LogP) is 2.85. The molecule has 1 aliphatic carbocycles. The molecule has 1 N–H and O–H groups in total. The van der Waals surface area contributed by atoms with Crippen molar-refractivity contribution in [3.8, 4) is 0 Å². The Balaban J connectivity index is 1.89. The van der Waals surface area contributed by atoms with Gasteiger partial charge in [-0.15, -0.1) is 0 Å². The summed E-state index contributed by atoms with van der Waals surface area (Å²) in [5.41, 5.74) is 1.42. The first kappa shape index (κ1) is 12.1. The summed E-state index contributed by atoms with van der Waals surface area (Å²) in [5, 5.41) is 6.87. The van der Waals surface area contributed by atoms with Crippen LogP contribution in [-0.4, -0.2) is 22.3 Å². The molecule has 0 atom stereocenters. The molecule has 1 aliphatic rings. The van der Waals surface area contributed by atoms with Crippen molar-refractivity contribution in [2.45, 2.75) is 58.0 Å². The van der Waals surface area contributed by atoms with Crippen molar-refractivity contribution in [1.29, 1.82) is 0 Å². The van der Waals surface area contributed by atoms with Gasteiger partial charge in [0.2, 0.25) is 0 Å². The number of rotatable bonds is 4. The molecule has 0 unspecified atom stereocenters. The van der Waals surface area contributed by atoms with Crippen LogP contribution >= 0.6 is 0 Å². The Kier molecular flexibility index (Phi) is 4.18. The molecule has 0 spiro atoms. The number of aryl methyl sites for hydroxylation is 1. The minimum atomic E-state index is -0.282. The summed E-state index contributed by atoms with van der Waals surface area (Å²) in [6.45, 7) is 2.10. The van der Waals surface area contributed by atoms with Crippen LogP contribution in [0.15, 0.2) is 6.07 Å². The minimum absolute atomic E-state index is 0.0996. The van der Waals surface area contributed by atoms with Crippen molar-refractivity contribution in [2.75, 3.05) is 0 Å². The number of nitrogens with zero attached hydrogens (tertiary/aromatic N) is 1. The molecular formula is C13H20N2O2. The van der Waals surface area contributed by atoms with Crippen molar-refractivity contribution < 1.29 is 9.53 Å². The highest BCUT2D eigenvalue weighted by atomic mass is 16.5. The Morgan fingerprint density at radius 3 is 2.94 bits per heavy atom. The molecule has 17 heavy (non-hydrogen) atoms. The van der Waals surface area contributed by atoms with Gasteiger partial charge >= 0.3 is 5.97 Å². The van der Waals surface area contributed by atoms with Crippen molar-refractivity contribution in [1.82, 2.24) is 10.2 Å². The van der Waals surface area contributed by atoms with Crippen LogP contribution in [0.25, 0.3) is 0 Å². The van der Waals surface area contributed by atoms with Crippen LogP contribution in [0.5, 0.6) is 0 Å². The zero-order valence-corrected chi connectivity index (χ0v) is 10.4. The standard InChI is InChI=1S/C13H20N2O2/c1-2-6-10-9-12(15-14-10)13(16)17-11-7-4-3-5-8-11/h9,11H,2-8H2,1H3,(H,14,15). The van der Waals surface area contributed by atoms with Crippen LogP contribution in [0.4, 0.5) is 0 Å². The Morgan fingerprint density at radius 2 is 2.24 bits per heavy atom. The molecule has 4 heteroatoms. The lowest BCUT2D eigenvalue weighted by Gasteiger charge is -2.21. The van der Waals surface area contributed by atoms with Crippen molar-refractivity contribution in [3.63, 3.8) is 0 Å². The second kappa shape index (κ2) is 5.84. The highest BCUT2D eigenvalue weighted by molar-refractivity contribution is 5.87. The van der Waals surface area contributed by atoms with Gasteiger partial charge in [0.25, 0.3) is 0 Å².